The number of amides is 1. The van der Waals surface area contributed by atoms with Crippen LogP contribution in [-0.2, 0) is 16.8 Å². The smallest absolute Gasteiger partial charge is 0.405 e. The molecule has 0 saturated carbocycles. The summed E-state index contributed by atoms with van der Waals surface area (Å²) in [5.41, 5.74) is 0.267. The molecule has 0 aromatic heterocycles. The van der Waals surface area contributed by atoms with Crippen molar-refractivity contribution < 1.29 is 23.5 Å². The zero-order valence-electron chi connectivity index (χ0n) is 12.4. The van der Waals surface area contributed by atoms with Crippen molar-refractivity contribution in [3.05, 3.63) is 71.3 Å². The number of nitrogens with one attached hydrogen (secondary N) is 1. The molecule has 1 aliphatic rings. The van der Waals surface area contributed by atoms with Crippen molar-refractivity contribution >= 4 is 12.4 Å². The summed E-state index contributed by atoms with van der Waals surface area (Å²) in [4.78, 5) is 22.7. The molecular weight excluding hydrogens is 316 g/mol. The number of carbonyl (C=O) groups excluding carboxylic acids is 1. The second-order valence-electron chi connectivity index (χ2n) is 5.52. The summed E-state index contributed by atoms with van der Waals surface area (Å²) in [7, 11) is 0. The summed E-state index contributed by atoms with van der Waals surface area (Å²) in [5.74, 6) is -1.42. The third-order valence-corrected chi connectivity index (χ3v) is 4.02. The maximum atomic E-state index is 14.0. The quantitative estimate of drug-likeness (QED) is 0.670. The lowest BCUT2D eigenvalue weighted by atomic mass is 9.80. The van der Waals surface area contributed by atoms with E-state index >= 15 is 0 Å². The minimum Gasteiger partial charge on any atom is -0.465 e. The number of aldehydes is 1. The molecular formula is C18H13F2NO3. The van der Waals surface area contributed by atoms with Gasteiger partial charge in [-0.3, -0.25) is 4.79 Å². The van der Waals surface area contributed by atoms with Gasteiger partial charge >= 0.3 is 6.09 Å². The highest BCUT2D eigenvalue weighted by Crippen LogP contribution is 2.34. The predicted molar refractivity (Wildman–Crippen MR) is 83.5 cm³/mol. The number of benzene rings is 2. The van der Waals surface area contributed by atoms with Crippen LogP contribution in [0.15, 0.2) is 48.6 Å². The van der Waals surface area contributed by atoms with Gasteiger partial charge in [0.25, 0.3) is 0 Å². The van der Waals surface area contributed by atoms with E-state index in [2.05, 4.69) is 5.32 Å². The fourth-order valence-electron chi connectivity index (χ4n) is 2.91. The van der Waals surface area contributed by atoms with Gasteiger partial charge in [0, 0.05) is 11.6 Å². The van der Waals surface area contributed by atoms with Crippen LogP contribution >= 0.6 is 0 Å². The Kier molecular flexibility index (Phi) is 3.89. The predicted octanol–water partition coefficient (Wildman–Crippen LogP) is 3.41. The molecule has 0 saturated heterocycles. The minimum absolute atomic E-state index is 0.170. The monoisotopic (exact) mass is 329 g/mol. The molecule has 2 N–H and O–H groups in total. The Labute approximate surface area is 136 Å². The molecule has 0 unspecified atom stereocenters. The van der Waals surface area contributed by atoms with Crippen LogP contribution in [0.4, 0.5) is 13.6 Å². The molecule has 122 valence electrons. The first-order valence-corrected chi connectivity index (χ1v) is 7.19. The molecule has 0 heterocycles. The number of allylic oxidation sites excluding steroid dienone is 1. The van der Waals surface area contributed by atoms with Crippen LogP contribution in [0.25, 0.3) is 11.1 Å². The zero-order valence-corrected chi connectivity index (χ0v) is 12.4. The highest BCUT2D eigenvalue weighted by molar-refractivity contribution is 5.82. The zero-order chi connectivity index (χ0) is 17.3. The first kappa shape index (κ1) is 15.9. The van der Waals surface area contributed by atoms with Gasteiger partial charge in [0.2, 0.25) is 0 Å². The molecule has 1 amide bonds. The summed E-state index contributed by atoms with van der Waals surface area (Å²) in [5, 5.41) is 11.3. The number of carboxylic acid groups (broad SMARTS) is 1. The highest BCUT2D eigenvalue weighted by Gasteiger charge is 2.35. The van der Waals surface area contributed by atoms with Gasteiger partial charge in [-0.05, 0) is 41.3 Å². The van der Waals surface area contributed by atoms with Gasteiger partial charge in [-0.25, -0.2) is 13.6 Å². The number of carbonyl (C=O) groups is 2. The molecule has 2 aromatic carbocycles. The summed E-state index contributed by atoms with van der Waals surface area (Å²) in [6, 6.07) is 8.14. The SMILES string of the molecule is O=C[C@]1(NC(=O)O)C=CCc2ccc(-c3ccc(F)cc3F)cc21. The second kappa shape index (κ2) is 5.88. The van der Waals surface area contributed by atoms with Gasteiger partial charge in [-0.15, -0.1) is 0 Å². The lowest BCUT2D eigenvalue weighted by molar-refractivity contribution is -0.112. The summed E-state index contributed by atoms with van der Waals surface area (Å²) >= 11 is 0. The van der Waals surface area contributed by atoms with Crippen molar-refractivity contribution in [2.24, 2.45) is 0 Å². The van der Waals surface area contributed by atoms with E-state index in [4.69, 9.17) is 5.11 Å². The third-order valence-electron chi connectivity index (χ3n) is 4.02. The molecule has 2 aromatic rings. The number of halogens is 2. The minimum atomic E-state index is -1.52. The largest absolute Gasteiger partial charge is 0.465 e. The lowest BCUT2D eigenvalue weighted by Gasteiger charge is -2.30. The Morgan fingerprint density at radius 1 is 1.21 bits per heavy atom. The van der Waals surface area contributed by atoms with E-state index in [9.17, 15) is 18.4 Å². The first-order valence-electron chi connectivity index (χ1n) is 7.19. The van der Waals surface area contributed by atoms with Gasteiger partial charge in [-0.1, -0.05) is 24.3 Å². The maximum absolute atomic E-state index is 14.0. The third kappa shape index (κ3) is 2.67. The number of hydrogen-bond acceptors (Lipinski definition) is 2. The Morgan fingerprint density at radius 2 is 2.00 bits per heavy atom. The van der Waals surface area contributed by atoms with E-state index in [0.717, 1.165) is 17.7 Å². The lowest BCUT2D eigenvalue weighted by Crippen LogP contribution is -2.46. The van der Waals surface area contributed by atoms with E-state index < -0.39 is 23.3 Å². The van der Waals surface area contributed by atoms with Crippen LogP contribution in [0.1, 0.15) is 11.1 Å². The van der Waals surface area contributed by atoms with E-state index in [1.165, 1.54) is 12.1 Å². The average Bonchev–Trinajstić information content (AvgIpc) is 2.54. The van der Waals surface area contributed by atoms with Gasteiger partial charge in [0.15, 0.2) is 6.29 Å². The summed E-state index contributed by atoms with van der Waals surface area (Å²) < 4.78 is 27.1. The van der Waals surface area contributed by atoms with Crippen molar-refractivity contribution in [2.75, 3.05) is 0 Å². The highest BCUT2D eigenvalue weighted by atomic mass is 19.1. The topological polar surface area (TPSA) is 66.4 Å². The van der Waals surface area contributed by atoms with Gasteiger partial charge in [0.05, 0.1) is 0 Å². The molecule has 0 bridgehead atoms. The maximum Gasteiger partial charge on any atom is 0.405 e. The molecule has 6 heteroatoms. The molecule has 0 fully saturated rings. The first-order chi connectivity index (χ1) is 11.4. The molecule has 1 atom stereocenters. The van der Waals surface area contributed by atoms with Crippen molar-refractivity contribution in [1.29, 1.82) is 0 Å². The van der Waals surface area contributed by atoms with Crippen LogP contribution in [0.3, 0.4) is 0 Å². The molecule has 0 radical (unpaired) electrons. The van der Waals surface area contributed by atoms with Crippen molar-refractivity contribution in [1.82, 2.24) is 5.32 Å². The van der Waals surface area contributed by atoms with E-state index in [1.54, 1.807) is 24.3 Å². The molecule has 3 rings (SSSR count). The van der Waals surface area contributed by atoms with Crippen LogP contribution in [0.2, 0.25) is 0 Å². The Morgan fingerprint density at radius 3 is 2.67 bits per heavy atom. The van der Waals surface area contributed by atoms with Crippen molar-refractivity contribution in [3.8, 4) is 11.1 Å². The van der Waals surface area contributed by atoms with E-state index in [-0.39, 0.29) is 5.56 Å². The molecule has 1 aliphatic carbocycles. The second-order valence-corrected chi connectivity index (χ2v) is 5.52. The number of fused-ring (bicyclic) bond motifs is 1. The van der Waals surface area contributed by atoms with E-state index in [1.807, 2.05) is 0 Å². The molecule has 24 heavy (non-hydrogen) atoms. The van der Waals surface area contributed by atoms with Crippen molar-refractivity contribution in [3.63, 3.8) is 0 Å². The van der Waals surface area contributed by atoms with Crippen LogP contribution in [0, 0.1) is 11.6 Å². The standard InChI is InChI=1S/C18H13F2NO3/c19-13-5-6-14(16(20)9-13)12-4-3-11-2-1-7-18(10-22,15(11)8-12)21-17(23)24/h1,3-10,21H,2H2,(H,23,24)/t18-/m1/s1. The van der Waals surface area contributed by atoms with Crippen LogP contribution < -0.4 is 5.32 Å². The van der Waals surface area contributed by atoms with E-state index in [0.29, 0.717) is 23.8 Å². The van der Waals surface area contributed by atoms with Crippen molar-refractivity contribution in [2.45, 2.75) is 12.0 Å². The average molecular weight is 329 g/mol. The van der Waals surface area contributed by atoms with Crippen LogP contribution in [-0.4, -0.2) is 17.5 Å². The normalized spacial score (nSPS) is 18.8. The molecule has 0 spiro atoms. The number of rotatable bonds is 3. The van der Waals surface area contributed by atoms with Gasteiger partial charge in [-0.2, -0.15) is 0 Å². The fourth-order valence-corrected chi connectivity index (χ4v) is 2.91. The van der Waals surface area contributed by atoms with Crippen LogP contribution in [0.5, 0.6) is 0 Å². The van der Waals surface area contributed by atoms with Gasteiger partial charge < -0.3 is 10.4 Å². The Bertz CT molecular complexity index is 863. The Hall–Kier alpha value is -3.02. The molecule has 4 nitrogen and oxygen atoms in total. The molecule has 0 aliphatic heterocycles. The summed E-state index contributed by atoms with van der Waals surface area (Å²) in [6.45, 7) is 0. The van der Waals surface area contributed by atoms with Gasteiger partial charge in [0.1, 0.15) is 17.2 Å². The fraction of sp³-hybridized carbons (Fsp3) is 0.111. The Balaban J connectivity index is 2.16. The number of hydrogen-bond donors (Lipinski definition) is 2. The summed E-state index contributed by atoms with van der Waals surface area (Å²) in [6.07, 6.45) is 2.85.